The van der Waals surface area contributed by atoms with Crippen LogP contribution in [0.5, 0.6) is 5.75 Å². The van der Waals surface area contributed by atoms with Gasteiger partial charge in [0.1, 0.15) is 17.9 Å². The Morgan fingerprint density at radius 2 is 2.37 bits per heavy atom. The number of ether oxygens (including phenoxy) is 1. The van der Waals surface area contributed by atoms with Crippen LogP contribution in [0.4, 0.5) is 5.82 Å². The monoisotopic (exact) mass is 297 g/mol. The van der Waals surface area contributed by atoms with Gasteiger partial charge < -0.3 is 14.4 Å². The molecule has 2 aromatic rings. The van der Waals surface area contributed by atoms with Crippen LogP contribution in [0.15, 0.2) is 24.5 Å². The van der Waals surface area contributed by atoms with Crippen LogP contribution in [-0.2, 0) is 11.3 Å². The van der Waals surface area contributed by atoms with E-state index in [-0.39, 0.29) is 6.54 Å². The fraction of sp³-hybridized carbons (Fsp3) is 0.250. The van der Waals surface area contributed by atoms with E-state index in [1.54, 1.807) is 31.6 Å². The highest BCUT2D eigenvalue weighted by atomic mass is 35.5. The molecule has 0 aromatic carbocycles. The standard InChI is InChI=1S/C12H12ClN3O2S/c1-18-9-2-3-14-11(6-9)16(4-5-17)8-10-7-15-12(13)19-10/h2-3,5-7H,4,8H2,1H3. The summed E-state index contributed by atoms with van der Waals surface area (Å²) in [7, 11) is 1.59. The van der Waals surface area contributed by atoms with Crippen LogP contribution in [0, 0.1) is 0 Å². The first-order chi connectivity index (χ1) is 9.22. The summed E-state index contributed by atoms with van der Waals surface area (Å²) in [4.78, 5) is 21.8. The van der Waals surface area contributed by atoms with Crippen molar-refractivity contribution in [3.63, 3.8) is 0 Å². The van der Waals surface area contributed by atoms with Gasteiger partial charge in [-0.25, -0.2) is 9.97 Å². The average molecular weight is 298 g/mol. The van der Waals surface area contributed by atoms with E-state index >= 15 is 0 Å². The van der Waals surface area contributed by atoms with E-state index in [0.717, 1.165) is 11.2 Å². The van der Waals surface area contributed by atoms with Crippen molar-refractivity contribution >= 4 is 35.0 Å². The zero-order valence-electron chi connectivity index (χ0n) is 10.2. The van der Waals surface area contributed by atoms with E-state index in [1.807, 2.05) is 4.90 Å². The molecule has 2 heterocycles. The van der Waals surface area contributed by atoms with Crippen molar-refractivity contribution in [1.82, 2.24) is 9.97 Å². The van der Waals surface area contributed by atoms with Gasteiger partial charge in [-0.15, -0.1) is 11.3 Å². The summed E-state index contributed by atoms with van der Waals surface area (Å²) in [5.74, 6) is 1.37. The van der Waals surface area contributed by atoms with Gasteiger partial charge in [0.2, 0.25) is 0 Å². The van der Waals surface area contributed by atoms with Crippen molar-refractivity contribution in [3.8, 4) is 5.75 Å². The van der Waals surface area contributed by atoms with E-state index in [2.05, 4.69) is 9.97 Å². The first-order valence-corrected chi connectivity index (χ1v) is 6.71. The molecule has 7 heteroatoms. The van der Waals surface area contributed by atoms with Gasteiger partial charge in [-0.1, -0.05) is 11.6 Å². The maximum atomic E-state index is 10.8. The molecule has 0 aliphatic heterocycles. The number of nitrogens with zero attached hydrogens (tertiary/aromatic N) is 3. The third kappa shape index (κ3) is 3.65. The number of carbonyl (C=O) groups excluding carboxylic acids is 1. The van der Waals surface area contributed by atoms with Crippen LogP contribution in [0.3, 0.4) is 0 Å². The molecule has 0 saturated carbocycles. The van der Waals surface area contributed by atoms with Crippen molar-refractivity contribution < 1.29 is 9.53 Å². The molecule has 0 N–H and O–H groups in total. The second-order valence-electron chi connectivity index (χ2n) is 3.68. The minimum atomic E-state index is 0.246. The van der Waals surface area contributed by atoms with Crippen molar-refractivity contribution in [2.45, 2.75) is 6.54 Å². The Kier molecular flexibility index (Phi) is 4.70. The Hall–Kier alpha value is -1.66. The van der Waals surface area contributed by atoms with Gasteiger partial charge in [0, 0.05) is 23.3 Å². The molecular formula is C12H12ClN3O2S. The summed E-state index contributed by atoms with van der Waals surface area (Å²) in [5, 5.41) is 0. The predicted octanol–water partition coefficient (Wildman–Crippen LogP) is 2.41. The van der Waals surface area contributed by atoms with Gasteiger partial charge in [-0.05, 0) is 6.07 Å². The maximum Gasteiger partial charge on any atom is 0.183 e. The first-order valence-electron chi connectivity index (χ1n) is 5.51. The van der Waals surface area contributed by atoms with Gasteiger partial charge >= 0.3 is 0 Å². The zero-order valence-corrected chi connectivity index (χ0v) is 11.8. The van der Waals surface area contributed by atoms with Crippen molar-refractivity contribution in [3.05, 3.63) is 33.9 Å². The molecule has 0 spiro atoms. The van der Waals surface area contributed by atoms with Gasteiger partial charge in [-0.3, -0.25) is 0 Å². The highest BCUT2D eigenvalue weighted by molar-refractivity contribution is 7.15. The number of methoxy groups -OCH3 is 1. The summed E-state index contributed by atoms with van der Waals surface area (Å²) in [6, 6.07) is 3.54. The van der Waals surface area contributed by atoms with E-state index in [0.29, 0.717) is 22.6 Å². The normalized spacial score (nSPS) is 10.2. The quantitative estimate of drug-likeness (QED) is 0.766. The number of hydrogen-bond donors (Lipinski definition) is 0. The van der Waals surface area contributed by atoms with Gasteiger partial charge in [0.25, 0.3) is 0 Å². The third-order valence-electron chi connectivity index (χ3n) is 2.44. The maximum absolute atomic E-state index is 10.8. The summed E-state index contributed by atoms with van der Waals surface area (Å²) in [5.41, 5.74) is 0. The fourth-order valence-electron chi connectivity index (χ4n) is 1.57. The molecular weight excluding hydrogens is 286 g/mol. The second kappa shape index (κ2) is 6.49. The Balaban J connectivity index is 2.20. The van der Waals surface area contributed by atoms with E-state index in [1.165, 1.54) is 11.3 Å². The molecule has 0 bridgehead atoms. The first kappa shape index (κ1) is 13.8. The smallest absolute Gasteiger partial charge is 0.183 e. The molecule has 0 unspecified atom stereocenters. The van der Waals surface area contributed by atoms with Crippen LogP contribution in [0.25, 0.3) is 0 Å². The van der Waals surface area contributed by atoms with E-state index in [4.69, 9.17) is 16.3 Å². The minimum absolute atomic E-state index is 0.246. The summed E-state index contributed by atoms with van der Waals surface area (Å²) in [6.45, 7) is 0.777. The molecule has 0 amide bonds. The summed E-state index contributed by atoms with van der Waals surface area (Å²) in [6.07, 6.45) is 4.18. The molecule has 0 aliphatic rings. The number of aldehydes is 1. The Labute approximate surface area is 119 Å². The molecule has 5 nitrogen and oxygen atoms in total. The van der Waals surface area contributed by atoms with Crippen molar-refractivity contribution in [1.29, 1.82) is 0 Å². The van der Waals surface area contributed by atoms with E-state index < -0.39 is 0 Å². The molecule has 2 aromatic heterocycles. The zero-order chi connectivity index (χ0) is 13.7. The Morgan fingerprint density at radius 1 is 1.53 bits per heavy atom. The molecule has 0 fully saturated rings. The lowest BCUT2D eigenvalue weighted by Crippen LogP contribution is -2.25. The van der Waals surface area contributed by atoms with Crippen LogP contribution in [0.1, 0.15) is 4.88 Å². The SMILES string of the molecule is COc1ccnc(N(CC=O)Cc2cnc(Cl)s2)c1. The number of carbonyl (C=O) groups is 1. The fourth-order valence-corrected chi connectivity index (χ4v) is 2.57. The number of halogens is 1. The highest BCUT2D eigenvalue weighted by Crippen LogP contribution is 2.23. The topological polar surface area (TPSA) is 55.3 Å². The molecule has 19 heavy (non-hydrogen) atoms. The van der Waals surface area contributed by atoms with Crippen LogP contribution >= 0.6 is 22.9 Å². The molecule has 2 rings (SSSR count). The largest absolute Gasteiger partial charge is 0.497 e. The number of aromatic nitrogens is 2. The number of rotatable bonds is 6. The van der Waals surface area contributed by atoms with Gasteiger partial charge in [-0.2, -0.15) is 0 Å². The molecule has 0 radical (unpaired) electrons. The lowest BCUT2D eigenvalue weighted by Gasteiger charge is -2.20. The lowest BCUT2D eigenvalue weighted by atomic mass is 10.3. The highest BCUT2D eigenvalue weighted by Gasteiger charge is 2.11. The van der Waals surface area contributed by atoms with Crippen LogP contribution < -0.4 is 9.64 Å². The molecule has 0 saturated heterocycles. The summed E-state index contributed by atoms with van der Waals surface area (Å²) >= 11 is 7.18. The average Bonchev–Trinajstić information content (AvgIpc) is 2.84. The molecule has 100 valence electrons. The van der Waals surface area contributed by atoms with Gasteiger partial charge in [0.05, 0.1) is 20.2 Å². The van der Waals surface area contributed by atoms with E-state index in [9.17, 15) is 4.79 Å². The van der Waals surface area contributed by atoms with Crippen molar-refractivity contribution in [2.24, 2.45) is 0 Å². The van der Waals surface area contributed by atoms with Crippen LogP contribution in [-0.4, -0.2) is 29.9 Å². The lowest BCUT2D eigenvalue weighted by molar-refractivity contribution is -0.106. The number of anilines is 1. The predicted molar refractivity (Wildman–Crippen MR) is 75.0 cm³/mol. The minimum Gasteiger partial charge on any atom is -0.497 e. The van der Waals surface area contributed by atoms with Crippen molar-refractivity contribution in [2.75, 3.05) is 18.6 Å². The van der Waals surface area contributed by atoms with Gasteiger partial charge in [0.15, 0.2) is 4.47 Å². The van der Waals surface area contributed by atoms with Crippen LogP contribution in [0.2, 0.25) is 4.47 Å². The number of thiazole rings is 1. The number of hydrogen-bond acceptors (Lipinski definition) is 6. The molecule has 0 aliphatic carbocycles. The second-order valence-corrected chi connectivity index (χ2v) is 5.38. The Bertz CT molecular complexity index is 561. The third-order valence-corrected chi connectivity index (χ3v) is 3.54. The summed E-state index contributed by atoms with van der Waals surface area (Å²) < 4.78 is 5.64. The molecule has 0 atom stereocenters. The Morgan fingerprint density at radius 3 is 3.00 bits per heavy atom. The number of pyridine rings is 1.